The molecule has 0 bridgehead atoms. The Kier molecular flexibility index (Phi) is 7.34. The molecule has 10 heteroatoms. The lowest BCUT2D eigenvalue weighted by Gasteiger charge is -2.21. The maximum absolute atomic E-state index is 12.0. The average molecular weight is 374 g/mol. The van der Waals surface area contributed by atoms with Gasteiger partial charge < -0.3 is 19.6 Å². The van der Waals surface area contributed by atoms with Crippen LogP contribution in [0, 0.1) is 0 Å². The first kappa shape index (κ1) is 20.9. The van der Waals surface area contributed by atoms with E-state index in [9.17, 15) is 18.0 Å². The van der Waals surface area contributed by atoms with Crippen LogP contribution < -0.4 is 10.2 Å². The molecule has 0 radical (unpaired) electrons. The fourth-order valence-corrected chi connectivity index (χ4v) is 2.37. The molecular weight excluding hydrogens is 352 g/mol. The number of alkyl carbamates (subject to hydrolysis) is 1. The third-order valence-electron chi connectivity index (χ3n) is 2.68. The Morgan fingerprint density at radius 1 is 1.16 bits per heavy atom. The molecular formula is C15H22N2O7S. The molecule has 0 aromatic heterocycles. The van der Waals surface area contributed by atoms with E-state index in [2.05, 4.69) is 10.2 Å². The lowest BCUT2D eigenvalue weighted by Crippen LogP contribution is -2.43. The van der Waals surface area contributed by atoms with Crippen LogP contribution >= 0.6 is 0 Å². The highest BCUT2D eigenvalue weighted by atomic mass is 32.2. The highest BCUT2D eigenvalue weighted by Crippen LogP contribution is 2.08. The number of benzene rings is 1. The summed E-state index contributed by atoms with van der Waals surface area (Å²) in [5.41, 5.74) is -0.696. The molecule has 0 saturated heterocycles. The van der Waals surface area contributed by atoms with Gasteiger partial charge in [-0.15, -0.1) is 0 Å². The number of amides is 1. The number of carbonyl (C=O) groups is 2. The Balaban J connectivity index is 2.55. The van der Waals surface area contributed by atoms with E-state index in [1.165, 1.54) is 31.4 Å². The summed E-state index contributed by atoms with van der Waals surface area (Å²) in [6, 6.07) is 7.38. The molecule has 0 aliphatic carbocycles. The van der Waals surface area contributed by atoms with Crippen LogP contribution in [0.3, 0.4) is 0 Å². The standard InChI is InChI=1S/C15H22N2O7S/c1-15(2,3)23-14(19)16-10-12(22-4)13(18)24-17-25(20,21)11-8-6-5-7-9-11/h5-9,12,17H,10H2,1-4H3,(H,16,19)/t12-/m0/s1. The fraction of sp³-hybridized carbons (Fsp3) is 0.467. The Bertz CT molecular complexity index is 684. The van der Waals surface area contributed by atoms with E-state index in [0.29, 0.717) is 0 Å². The zero-order valence-corrected chi connectivity index (χ0v) is 15.3. The SMILES string of the molecule is CO[C@@H](CNC(=O)OC(C)(C)C)C(=O)ONS(=O)(=O)c1ccccc1. The van der Waals surface area contributed by atoms with Crippen molar-refractivity contribution in [3.8, 4) is 0 Å². The molecule has 2 N–H and O–H groups in total. The number of methoxy groups -OCH3 is 1. The molecule has 140 valence electrons. The maximum atomic E-state index is 12.0. The van der Waals surface area contributed by atoms with Crippen LogP contribution in [0.15, 0.2) is 35.2 Å². The van der Waals surface area contributed by atoms with Gasteiger partial charge in [-0.2, -0.15) is 0 Å². The van der Waals surface area contributed by atoms with Gasteiger partial charge in [0.25, 0.3) is 10.0 Å². The highest BCUT2D eigenvalue weighted by molar-refractivity contribution is 7.89. The van der Waals surface area contributed by atoms with Gasteiger partial charge in [-0.05, 0) is 37.8 Å². The quantitative estimate of drug-likeness (QED) is 0.682. The normalized spacial score (nSPS) is 13.0. The number of hydrogen-bond donors (Lipinski definition) is 2. The summed E-state index contributed by atoms with van der Waals surface area (Å²) in [5.74, 6) is -1.02. The monoisotopic (exact) mass is 374 g/mol. The van der Waals surface area contributed by atoms with Crippen molar-refractivity contribution in [2.24, 2.45) is 0 Å². The Labute approximate surface area is 146 Å². The minimum atomic E-state index is -4.01. The van der Waals surface area contributed by atoms with Crippen LogP contribution in [0.2, 0.25) is 0 Å². The molecule has 0 saturated carbocycles. The van der Waals surface area contributed by atoms with E-state index >= 15 is 0 Å². The first-order valence-corrected chi connectivity index (χ1v) is 8.80. The van der Waals surface area contributed by atoms with Gasteiger partial charge in [0, 0.05) is 7.11 Å². The smallest absolute Gasteiger partial charge is 0.407 e. The van der Waals surface area contributed by atoms with Crippen molar-refractivity contribution >= 4 is 22.1 Å². The Morgan fingerprint density at radius 3 is 2.28 bits per heavy atom. The summed E-state index contributed by atoms with van der Waals surface area (Å²) in [7, 11) is -2.80. The third-order valence-corrected chi connectivity index (χ3v) is 3.88. The molecule has 1 aromatic rings. The van der Waals surface area contributed by atoms with Crippen LogP contribution in [-0.4, -0.2) is 45.8 Å². The van der Waals surface area contributed by atoms with Gasteiger partial charge >= 0.3 is 12.1 Å². The average Bonchev–Trinajstić information content (AvgIpc) is 2.52. The lowest BCUT2D eigenvalue weighted by molar-refractivity contribution is -0.158. The van der Waals surface area contributed by atoms with Gasteiger partial charge in [-0.1, -0.05) is 18.2 Å². The fourth-order valence-electron chi connectivity index (χ4n) is 1.56. The molecule has 9 nitrogen and oxygen atoms in total. The van der Waals surface area contributed by atoms with Gasteiger partial charge in [0.1, 0.15) is 5.60 Å². The minimum Gasteiger partial charge on any atom is -0.444 e. The number of sulfonamides is 1. The number of hydrogen-bond acceptors (Lipinski definition) is 7. The molecule has 25 heavy (non-hydrogen) atoms. The van der Waals surface area contributed by atoms with Crippen molar-refractivity contribution in [2.75, 3.05) is 13.7 Å². The van der Waals surface area contributed by atoms with Crippen molar-refractivity contribution in [2.45, 2.75) is 37.4 Å². The molecule has 0 aliphatic rings. The molecule has 0 unspecified atom stereocenters. The zero-order chi connectivity index (χ0) is 19.1. The van der Waals surface area contributed by atoms with E-state index < -0.39 is 33.8 Å². The topological polar surface area (TPSA) is 120 Å². The number of ether oxygens (including phenoxy) is 2. The van der Waals surface area contributed by atoms with Crippen LogP contribution in [0.5, 0.6) is 0 Å². The van der Waals surface area contributed by atoms with Gasteiger partial charge in [0.2, 0.25) is 0 Å². The van der Waals surface area contributed by atoms with Gasteiger partial charge in [0.05, 0.1) is 11.4 Å². The first-order chi connectivity index (χ1) is 11.5. The molecule has 1 amide bonds. The minimum absolute atomic E-state index is 0.0661. The largest absolute Gasteiger partial charge is 0.444 e. The third kappa shape index (κ3) is 7.50. The summed E-state index contributed by atoms with van der Waals surface area (Å²) in [6.07, 6.45) is -1.96. The van der Waals surface area contributed by atoms with E-state index in [4.69, 9.17) is 9.47 Å². The van der Waals surface area contributed by atoms with Gasteiger partial charge in [-0.25, -0.2) is 18.0 Å². The molecule has 0 spiro atoms. The molecule has 0 heterocycles. The second-order valence-electron chi connectivity index (χ2n) is 5.93. The molecule has 1 aromatic carbocycles. The highest BCUT2D eigenvalue weighted by Gasteiger charge is 2.25. The number of nitrogens with one attached hydrogen (secondary N) is 2. The Hall–Kier alpha value is -2.17. The van der Waals surface area contributed by atoms with Gasteiger partial charge in [0.15, 0.2) is 6.10 Å². The van der Waals surface area contributed by atoms with Crippen molar-refractivity contribution in [1.29, 1.82) is 0 Å². The van der Waals surface area contributed by atoms with Crippen molar-refractivity contribution in [1.82, 2.24) is 10.2 Å². The van der Waals surface area contributed by atoms with Crippen LogP contribution in [-0.2, 0) is 29.1 Å². The van der Waals surface area contributed by atoms with Crippen molar-refractivity contribution < 1.29 is 32.3 Å². The summed E-state index contributed by atoms with van der Waals surface area (Å²) >= 11 is 0. The maximum Gasteiger partial charge on any atom is 0.407 e. The van der Waals surface area contributed by atoms with Crippen LogP contribution in [0.1, 0.15) is 20.8 Å². The van der Waals surface area contributed by atoms with E-state index in [1.54, 1.807) is 31.7 Å². The number of carbonyl (C=O) groups excluding carboxylic acids is 2. The second-order valence-corrected chi connectivity index (χ2v) is 7.57. The molecule has 0 fully saturated rings. The van der Waals surface area contributed by atoms with Crippen molar-refractivity contribution in [3.05, 3.63) is 30.3 Å². The van der Waals surface area contributed by atoms with Gasteiger partial charge in [-0.3, -0.25) is 0 Å². The van der Waals surface area contributed by atoms with E-state index in [-0.39, 0.29) is 11.4 Å². The molecule has 1 rings (SSSR count). The first-order valence-electron chi connectivity index (χ1n) is 7.32. The summed E-state index contributed by atoms with van der Waals surface area (Å²) < 4.78 is 33.8. The summed E-state index contributed by atoms with van der Waals surface area (Å²) in [5, 5.41) is 2.34. The van der Waals surface area contributed by atoms with E-state index in [1.807, 2.05) is 0 Å². The predicted molar refractivity (Wildman–Crippen MR) is 87.9 cm³/mol. The van der Waals surface area contributed by atoms with Crippen LogP contribution in [0.4, 0.5) is 4.79 Å². The zero-order valence-electron chi connectivity index (χ0n) is 14.4. The Morgan fingerprint density at radius 2 is 1.76 bits per heavy atom. The number of rotatable bonds is 7. The lowest BCUT2D eigenvalue weighted by atomic mass is 10.2. The molecule has 1 atom stereocenters. The predicted octanol–water partition coefficient (Wildman–Crippen LogP) is 0.963. The second kappa shape index (κ2) is 8.79. The summed E-state index contributed by atoms with van der Waals surface area (Å²) in [4.78, 5) is 29.6. The van der Waals surface area contributed by atoms with E-state index in [0.717, 1.165) is 0 Å². The van der Waals surface area contributed by atoms with Crippen LogP contribution in [0.25, 0.3) is 0 Å². The molecule has 0 aliphatic heterocycles. The van der Waals surface area contributed by atoms with Crippen molar-refractivity contribution in [3.63, 3.8) is 0 Å². The summed E-state index contributed by atoms with van der Waals surface area (Å²) in [6.45, 7) is 4.81.